The SMILES string of the molecule is CCCNCC(=O)Nc1ccc(S(C)(=O)=O)nc1. The van der Waals surface area contributed by atoms with E-state index in [9.17, 15) is 13.2 Å². The van der Waals surface area contributed by atoms with Gasteiger partial charge in [0.25, 0.3) is 0 Å². The summed E-state index contributed by atoms with van der Waals surface area (Å²) in [6.07, 6.45) is 3.37. The molecular formula is C11H17N3O3S. The zero-order chi connectivity index (χ0) is 13.6. The molecule has 0 saturated heterocycles. The Bertz CT molecular complexity index is 497. The third kappa shape index (κ3) is 4.80. The second-order valence-electron chi connectivity index (χ2n) is 3.88. The number of rotatable bonds is 6. The van der Waals surface area contributed by atoms with Crippen LogP contribution in [0.15, 0.2) is 23.4 Å². The number of hydrogen-bond donors (Lipinski definition) is 2. The van der Waals surface area contributed by atoms with Crippen molar-refractivity contribution in [2.75, 3.05) is 24.7 Å². The lowest BCUT2D eigenvalue weighted by Crippen LogP contribution is -2.28. The van der Waals surface area contributed by atoms with E-state index in [-0.39, 0.29) is 17.5 Å². The lowest BCUT2D eigenvalue weighted by molar-refractivity contribution is -0.115. The van der Waals surface area contributed by atoms with Crippen molar-refractivity contribution in [2.24, 2.45) is 0 Å². The Morgan fingerprint density at radius 1 is 1.39 bits per heavy atom. The molecule has 1 rings (SSSR count). The molecule has 0 unspecified atom stereocenters. The smallest absolute Gasteiger partial charge is 0.238 e. The van der Waals surface area contributed by atoms with Crippen molar-refractivity contribution in [3.05, 3.63) is 18.3 Å². The average molecular weight is 271 g/mol. The van der Waals surface area contributed by atoms with Gasteiger partial charge in [0, 0.05) is 6.26 Å². The van der Waals surface area contributed by atoms with E-state index < -0.39 is 9.84 Å². The fourth-order valence-electron chi connectivity index (χ4n) is 1.26. The summed E-state index contributed by atoms with van der Waals surface area (Å²) in [6, 6.07) is 2.88. The van der Waals surface area contributed by atoms with Crippen LogP contribution in [0.4, 0.5) is 5.69 Å². The number of sulfone groups is 1. The summed E-state index contributed by atoms with van der Waals surface area (Å²) in [6.45, 7) is 3.01. The highest BCUT2D eigenvalue weighted by molar-refractivity contribution is 7.90. The van der Waals surface area contributed by atoms with Crippen molar-refractivity contribution >= 4 is 21.4 Å². The molecule has 0 radical (unpaired) electrons. The Kier molecular flexibility index (Phi) is 5.24. The van der Waals surface area contributed by atoms with Gasteiger partial charge in [-0.05, 0) is 25.1 Å². The molecule has 0 aliphatic rings. The molecular weight excluding hydrogens is 254 g/mol. The molecule has 0 bridgehead atoms. The molecule has 2 N–H and O–H groups in total. The molecule has 1 heterocycles. The second kappa shape index (κ2) is 6.46. The molecule has 0 saturated carbocycles. The lowest BCUT2D eigenvalue weighted by atomic mass is 10.4. The Hall–Kier alpha value is -1.47. The standard InChI is InChI=1S/C11H17N3O3S/c1-3-6-12-8-10(15)14-9-4-5-11(13-7-9)18(2,16)17/h4-5,7,12H,3,6,8H2,1-2H3,(H,14,15). The summed E-state index contributed by atoms with van der Waals surface area (Å²) in [5.74, 6) is -0.183. The van der Waals surface area contributed by atoms with Crippen molar-refractivity contribution < 1.29 is 13.2 Å². The second-order valence-corrected chi connectivity index (χ2v) is 5.84. The van der Waals surface area contributed by atoms with Gasteiger partial charge in [0.15, 0.2) is 14.9 Å². The Balaban J connectivity index is 2.56. The molecule has 0 aromatic carbocycles. The third-order valence-corrected chi connectivity index (χ3v) is 3.11. The highest BCUT2D eigenvalue weighted by Gasteiger charge is 2.08. The van der Waals surface area contributed by atoms with Crippen molar-refractivity contribution in [3.8, 4) is 0 Å². The van der Waals surface area contributed by atoms with Crippen LogP contribution in [-0.4, -0.2) is 38.7 Å². The first-order valence-corrected chi connectivity index (χ1v) is 7.49. The van der Waals surface area contributed by atoms with Gasteiger partial charge in [-0.15, -0.1) is 0 Å². The van der Waals surface area contributed by atoms with Gasteiger partial charge >= 0.3 is 0 Å². The minimum atomic E-state index is -3.30. The van der Waals surface area contributed by atoms with Gasteiger partial charge in [0.05, 0.1) is 18.4 Å². The highest BCUT2D eigenvalue weighted by atomic mass is 32.2. The Morgan fingerprint density at radius 3 is 2.61 bits per heavy atom. The van der Waals surface area contributed by atoms with Gasteiger partial charge in [0.1, 0.15) is 0 Å². The van der Waals surface area contributed by atoms with Crippen molar-refractivity contribution in [3.63, 3.8) is 0 Å². The molecule has 100 valence electrons. The lowest BCUT2D eigenvalue weighted by Gasteiger charge is -2.06. The van der Waals surface area contributed by atoms with E-state index in [1.54, 1.807) is 0 Å². The van der Waals surface area contributed by atoms with Crippen LogP contribution in [0.25, 0.3) is 0 Å². The van der Waals surface area contributed by atoms with Gasteiger partial charge in [0.2, 0.25) is 5.91 Å². The van der Waals surface area contributed by atoms with E-state index >= 15 is 0 Å². The quantitative estimate of drug-likeness (QED) is 0.732. The molecule has 0 spiro atoms. The molecule has 6 nitrogen and oxygen atoms in total. The number of nitrogens with zero attached hydrogens (tertiary/aromatic N) is 1. The van der Waals surface area contributed by atoms with Crippen LogP contribution >= 0.6 is 0 Å². The molecule has 1 aromatic heterocycles. The van der Waals surface area contributed by atoms with Crippen LogP contribution in [0.5, 0.6) is 0 Å². The van der Waals surface area contributed by atoms with E-state index in [0.717, 1.165) is 19.2 Å². The largest absolute Gasteiger partial charge is 0.324 e. The van der Waals surface area contributed by atoms with Crippen LogP contribution in [0, 0.1) is 0 Å². The van der Waals surface area contributed by atoms with Gasteiger partial charge in [-0.2, -0.15) is 0 Å². The summed E-state index contributed by atoms with van der Waals surface area (Å²) < 4.78 is 22.4. The van der Waals surface area contributed by atoms with Crippen molar-refractivity contribution in [1.82, 2.24) is 10.3 Å². The predicted octanol–water partition coefficient (Wildman–Crippen LogP) is 0.423. The maximum atomic E-state index is 11.4. The monoisotopic (exact) mass is 271 g/mol. The first-order chi connectivity index (χ1) is 8.43. The molecule has 0 aliphatic carbocycles. The molecule has 0 fully saturated rings. The topological polar surface area (TPSA) is 88.2 Å². The van der Waals surface area contributed by atoms with Gasteiger partial charge in [-0.1, -0.05) is 6.92 Å². The fourth-order valence-corrected chi connectivity index (χ4v) is 1.82. The Morgan fingerprint density at radius 2 is 2.11 bits per heavy atom. The van der Waals surface area contributed by atoms with Crippen LogP contribution in [0.2, 0.25) is 0 Å². The molecule has 7 heteroatoms. The molecule has 1 aromatic rings. The summed E-state index contributed by atoms with van der Waals surface area (Å²) in [7, 11) is -3.30. The normalized spacial score (nSPS) is 11.2. The number of carbonyl (C=O) groups excluding carboxylic acids is 1. The zero-order valence-electron chi connectivity index (χ0n) is 10.4. The number of amides is 1. The van der Waals surface area contributed by atoms with E-state index in [0.29, 0.717) is 5.69 Å². The molecule has 0 aliphatic heterocycles. The van der Waals surface area contributed by atoms with Crippen LogP contribution < -0.4 is 10.6 Å². The minimum Gasteiger partial charge on any atom is -0.324 e. The Labute approximate surface area is 107 Å². The minimum absolute atomic E-state index is 0.00962. The molecule has 18 heavy (non-hydrogen) atoms. The number of carbonyl (C=O) groups is 1. The molecule has 0 atom stereocenters. The molecule has 1 amide bonds. The summed E-state index contributed by atoms with van der Waals surface area (Å²) in [5, 5.41) is 5.57. The summed E-state index contributed by atoms with van der Waals surface area (Å²) in [4.78, 5) is 15.2. The maximum absolute atomic E-state index is 11.4. The van der Waals surface area contributed by atoms with Gasteiger partial charge in [-0.3, -0.25) is 4.79 Å². The summed E-state index contributed by atoms with van der Waals surface area (Å²) in [5.41, 5.74) is 0.477. The first kappa shape index (κ1) is 14.6. The van der Waals surface area contributed by atoms with E-state index in [4.69, 9.17) is 0 Å². The average Bonchev–Trinajstić information content (AvgIpc) is 2.29. The first-order valence-electron chi connectivity index (χ1n) is 5.60. The number of anilines is 1. The van der Waals surface area contributed by atoms with Crippen molar-refractivity contribution in [2.45, 2.75) is 18.4 Å². The number of aromatic nitrogens is 1. The van der Waals surface area contributed by atoms with Gasteiger partial charge < -0.3 is 10.6 Å². The van der Waals surface area contributed by atoms with Crippen LogP contribution in [0.1, 0.15) is 13.3 Å². The van der Waals surface area contributed by atoms with Gasteiger partial charge in [-0.25, -0.2) is 13.4 Å². The van der Waals surface area contributed by atoms with E-state index in [1.807, 2.05) is 6.92 Å². The van der Waals surface area contributed by atoms with Crippen molar-refractivity contribution in [1.29, 1.82) is 0 Å². The van der Waals surface area contributed by atoms with E-state index in [2.05, 4.69) is 15.6 Å². The van der Waals surface area contributed by atoms with E-state index in [1.165, 1.54) is 18.3 Å². The predicted molar refractivity (Wildman–Crippen MR) is 69.1 cm³/mol. The highest BCUT2D eigenvalue weighted by Crippen LogP contribution is 2.09. The number of pyridine rings is 1. The fraction of sp³-hybridized carbons (Fsp3) is 0.455. The summed E-state index contributed by atoms with van der Waals surface area (Å²) >= 11 is 0. The number of nitrogens with one attached hydrogen (secondary N) is 2. The third-order valence-electron chi connectivity index (χ3n) is 2.11. The van der Waals surface area contributed by atoms with Crippen LogP contribution in [0.3, 0.4) is 0 Å². The zero-order valence-corrected chi connectivity index (χ0v) is 11.3. The maximum Gasteiger partial charge on any atom is 0.238 e. The van der Waals surface area contributed by atoms with Crippen LogP contribution in [-0.2, 0) is 14.6 Å². The number of hydrogen-bond acceptors (Lipinski definition) is 5.